The zero-order chi connectivity index (χ0) is 21.4. The Bertz CT molecular complexity index is 1070. The molecule has 2 aromatic heterocycles. The number of aryl methyl sites for hydroxylation is 1. The standard InChI is InChI=1S/C21H22ClF2N5O/c1-12-16(13(2)29(26-12)15-6-4-3-5-7-15)10-25-17(30)11-28-20(14-8-9-14)18(22)19(27-28)21(23)24/h3-7,14,21H,8-11H2,1-2H3,(H,25,30). The topological polar surface area (TPSA) is 64.7 Å². The van der Waals surface area contributed by atoms with E-state index in [2.05, 4.69) is 15.5 Å². The maximum atomic E-state index is 13.2. The minimum Gasteiger partial charge on any atom is -0.350 e. The number of hydrogen-bond acceptors (Lipinski definition) is 3. The number of halogens is 3. The van der Waals surface area contributed by atoms with Gasteiger partial charge in [0.25, 0.3) is 6.43 Å². The van der Waals surface area contributed by atoms with Gasteiger partial charge in [0.2, 0.25) is 5.91 Å². The molecular weight excluding hydrogens is 412 g/mol. The Labute approximate surface area is 177 Å². The van der Waals surface area contributed by atoms with Crippen LogP contribution in [0.3, 0.4) is 0 Å². The third kappa shape index (κ3) is 3.96. The summed E-state index contributed by atoms with van der Waals surface area (Å²) in [5, 5.41) is 11.3. The second-order valence-electron chi connectivity index (χ2n) is 7.49. The van der Waals surface area contributed by atoms with Crippen LogP contribution < -0.4 is 5.32 Å². The summed E-state index contributed by atoms with van der Waals surface area (Å²) >= 11 is 6.11. The van der Waals surface area contributed by atoms with Gasteiger partial charge in [0, 0.05) is 23.7 Å². The molecule has 1 fully saturated rings. The van der Waals surface area contributed by atoms with Crippen molar-refractivity contribution in [2.75, 3.05) is 0 Å². The van der Waals surface area contributed by atoms with Crippen molar-refractivity contribution in [3.8, 4) is 5.69 Å². The molecule has 0 bridgehead atoms. The van der Waals surface area contributed by atoms with Crippen LogP contribution in [0.5, 0.6) is 0 Å². The molecule has 4 rings (SSSR count). The highest BCUT2D eigenvalue weighted by Crippen LogP contribution is 2.45. The number of aromatic nitrogens is 4. The van der Waals surface area contributed by atoms with E-state index < -0.39 is 12.1 Å². The van der Waals surface area contributed by atoms with Crippen LogP contribution in [0, 0.1) is 13.8 Å². The van der Waals surface area contributed by atoms with Gasteiger partial charge in [-0.3, -0.25) is 9.48 Å². The minimum absolute atomic E-state index is 0.0175. The van der Waals surface area contributed by atoms with Crippen molar-refractivity contribution < 1.29 is 13.6 Å². The molecule has 1 aliphatic rings. The molecule has 0 atom stereocenters. The first-order chi connectivity index (χ1) is 14.4. The van der Waals surface area contributed by atoms with Gasteiger partial charge in [0.05, 0.1) is 22.1 Å². The quantitative estimate of drug-likeness (QED) is 0.597. The number of carbonyl (C=O) groups excluding carboxylic acids is 1. The van der Waals surface area contributed by atoms with E-state index in [9.17, 15) is 13.6 Å². The maximum Gasteiger partial charge on any atom is 0.283 e. The Morgan fingerprint density at radius 2 is 1.93 bits per heavy atom. The summed E-state index contributed by atoms with van der Waals surface area (Å²) in [5.74, 6) is -0.220. The Morgan fingerprint density at radius 1 is 1.23 bits per heavy atom. The lowest BCUT2D eigenvalue weighted by Crippen LogP contribution is -2.28. The van der Waals surface area contributed by atoms with Crippen molar-refractivity contribution >= 4 is 17.5 Å². The first-order valence-electron chi connectivity index (χ1n) is 9.78. The van der Waals surface area contributed by atoms with Crippen LogP contribution in [0.1, 0.15) is 53.5 Å². The van der Waals surface area contributed by atoms with Gasteiger partial charge in [-0.2, -0.15) is 10.2 Å². The molecule has 2 heterocycles. The van der Waals surface area contributed by atoms with Crippen molar-refractivity contribution in [1.29, 1.82) is 0 Å². The third-order valence-electron chi connectivity index (χ3n) is 5.32. The monoisotopic (exact) mass is 433 g/mol. The van der Waals surface area contributed by atoms with Crippen molar-refractivity contribution in [1.82, 2.24) is 24.9 Å². The molecular formula is C21H22ClF2N5O. The molecule has 0 aliphatic heterocycles. The predicted octanol–water partition coefficient (Wildman–Crippen LogP) is 4.47. The summed E-state index contributed by atoms with van der Waals surface area (Å²) in [4.78, 5) is 12.5. The minimum atomic E-state index is -2.77. The van der Waals surface area contributed by atoms with E-state index in [1.54, 1.807) is 0 Å². The molecule has 1 aromatic carbocycles. The lowest BCUT2D eigenvalue weighted by atomic mass is 10.2. The van der Waals surface area contributed by atoms with E-state index in [0.717, 1.165) is 35.5 Å². The first kappa shape index (κ1) is 20.5. The Hall–Kier alpha value is -2.74. The Morgan fingerprint density at radius 3 is 2.57 bits per heavy atom. The van der Waals surface area contributed by atoms with Crippen LogP contribution in [0.25, 0.3) is 5.69 Å². The molecule has 0 saturated heterocycles. The van der Waals surface area contributed by atoms with Crippen LogP contribution >= 0.6 is 11.6 Å². The molecule has 158 valence electrons. The molecule has 0 unspecified atom stereocenters. The molecule has 6 nitrogen and oxygen atoms in total. The van der Waals surface area contributed by atoms with Crippen molar-refractivity contribution in [2.24, 2.45) is 0 Å². The van der Waals surface area contributed by atoms with E-state index in [1.807, 2.05) is 48.9 Å². The van der Waals surface area contributed by atoms with E-state index in [1.165, 1.54) is 4.68 Å². The highest BCUT2D eigenvalue weighted by atomic mass is 35.5. The number of hydrogen-bond donors (Lipinski definition) is 1. The molecule has 1 N–H and O–H groups in total. The number of nitrogens with one attached hydrogen (secondary N) is 1. The summed E-state index contributed by atoms with van der Waals surface area (Å²) in [7, 11) is 0. The Balaban J connectivity index is 1.48. The van der Waals surface area contributed by atoms with E-state index in [4.69, 9.17) is 11.6 Å². The van der Waals surface area contributed by atoms with Gasteiger partial charge < -0.3 is 5.32 Å². The number of rotatable bonds is 7. The van der Waals surface area contributed by atoms with Gasteiger partial charge in [0.15, 0.2) is 0 Å². The van der Waals surface area contributed by atoms with Gasteiger partial charge in [-0.05, 0) is 38.8 Å². The summed E-state index contributed by atoms with van der Waals surface area (Å²) < 4.78 is 29.5. The van der Waals surface area contributed by atoms with Crippen LogP contribution in [0.4, 0.5) is 8.78 Å². The fraction of sp³-hybridized carbons (Fsp3) is 0.381. The summed E-state index contributed by atoms with van der Waals surface area (Å²) in [6.45, 7) is 3.98. The molecule has 0 radical (unpaired) electrons. The van der Waals surface area contributed by atoms with Gasteiger partial charge in [-0.25, -0.2) is 13.5 Å². The third-order valence-corrected chi connectivity index (χ3v) is 5.71. The maximum absolute atomic E-state index is 13.2. The molecule has 0 spiro atoms. The number of para-hydroxylation sites is 1. The van der Waals surface area contributed by atoms with Gasteiger partial charge in [-0.15, -0.1) is 0 Å². The second-order valence-corrected chi connectivity index (χ2v) is 7.87. The van der Waals surface area contributed by atoms with Crippen LogP contribution in [-0.4, -0.2) is 25.5 Å². The molecule has 1 aliphatic carbocycles. The normalized spacial score (nSPS) is 13.8. The van der Waals surface area contributed by atoms with Crippen LogP contribution in [0.15, 0.2) is 30.3 Å². The summed E-state index contributed by atoms with van der Waals surface area (Å²) in [6, 6.07) is 9.74. The molecule has 3 aromatic rings. The summed E-state index contributed by atoms with van der Waals surface area (Å²) in [6.07, 6.45) is -1.03. The average Bonchev–Trinajstić information content (AvgIpc) is 3.44. The van der Waals surface area contributed by atoms with E-state index >= 15 is 0 Å². The lowest BCUT2D eigenvalue weighted by Gasteiger charge is -2.09. The molecule has 1 amide bonds. The first-order valence-corrected chi connectivity index (χ1v) is 10.2. The number of amides is 1. The Kier molecular flexibility index (Phi) is 5.60. The highest BCUT2D eigenvalue weighted by Gasteiger charge is 2.34. The van der Waals surface area contributed by atoms with Gasteiger partial charge in [0.1, 0.15) is 12.2 Å². The summed E-state index contributed by atoms with van der Waals surface area (Å²) in [5.41, 5.74) is 3.68. The smallest absolute Gasteiger partial charge is 0.283 e. The number of benzene rings is 1. The highest BCUT2D eigenvalue weighted by molar-refractivity contribution is 6.32. The van der Waals surface area contributed by atoms with Crippen molar-refractivity contribution in [2.45, 2.75) is 52.1 Å². The van der Waals surface area contributed by atoms with Crippen LogP contribution in [0.2, 0.25) is 5.02 Å². The fourth-order valence-corrected chi connectivity index (χ4v) is 3.98. The predicted molar refractivity (Wildman–Crippen MR) is 109 cm³/mol. The van der Waals surface area contributed by atoms with E-state index in [0.29, 0.717) is 12.2 Å². The lowest BCUT2D eigenvalue weighted by molar-refractivity contribution is -0.122. The number of carbonyl (C=O) groups is 1. The van der Waals surface area contributed by atoms with Gasteiger partial charge >= 0.3 is 0 Å². The molecule has 1 saturated carbocycles. The van der Waals surface area contributed by atoms with Crippen LogP contribution in [-0.2, 0) is 17.9 Å². The SMILES string of the molecule is Cc1nn(-c2ccccc2)c(C)c1CNC(=O)Cn1nc(C(F)F)c(Cl)c1C1CC1. The molecule has 9 heteroatoms. The molecule has 30 heavy (non-hydrogen) atoms. The van der Waals surface area contributed by atoms with E-state index in [-0.39, 0.29) is 23.4 Å². The van der Waals surface area contributed by atoms with Crippen molar-refractivity contribution in [3.05, 3.63) is 63.7 Å². The zero-order valence-electron chi connectivity index (χ0n) is 16.7. The largest absolute Gasteiger partial charge is 0.350 e. The van der Waals surface area contributed by atoms with Crippen molar-refractivity contribution in [3.63, 3.8) is 0 Å². The fourth-order valence-electron chi connectivity index (χ4n) is 3.61. The number of nitrogens with zero attached hydrogens (tertiary/aromatic N) is 4. The number of alkyl halides is 2. The second kappa shape index (κ2) is 8.18. The zero-order valence-corrected chi connectivity index (χ0v) is 17.5. The average molecular weight is 434 g/mol. The van der Waals surface area contributed by atoms with Gasteiger partial charge in [-0.1, -0.05) is 29.8 Å².